The third-order valence-corrected chi connectivity index (χ3v) is 3.57. The van der Waals surface area contributed by atoms with Gasteiger partial charge in [-0.25, -0.2) is 4.79 Å². The van der Waals surface area contributed by atoms with Gasteiger partial charge in [0, 0.05) is 0 Å². The Morgan fingerprint density at radius 3 is 2.68 bits per heavy atom. The summed E-state index contributed by atoms with van der Waals surface area (Å²) in [5, 5.41) is 9.64. The number of unbranched alkanes of at least 4 members (excludes halogenated alkanes) is 1. The molecule has 0 fully saturated rings. The number of aliphatic carboxylic acids is 1. The van der Waals surface area contributed by atoms with Crippen LogP contribution in [0.2, 0.25) is 0 Å². The van der Waals surface area contributed by atoms with Crippen LogP contribution in [0.4, 0.5) is 0 Å². The van der Waals surface area contributed by atoms with E-state index in [1.54, 1.807) is 13.0 Å². The van der Waals surface area contributed by atoms with Gasteiger partial charge in [0.2, 0.25) is 0 Å². The van der Waals surface area contributed by atoms with E-state index in [0.717, 1.165) is 18.4 Å². The molecule has 2 rings (SSSR count). The maximum Gasteiger partial charge on any atom is 0.340 e. The Kier molecular flexibility index (Phi) is 4.85. The quantitative estimate of drug-likeness (QED) is 0.655. The molecule has 0 aliphatic carbocycles. The minimum Gasteiger partial charge on any atom is -0.493 e. The minimum absolute atomic E-state index is 0.171. The second kappa shape index (κ2) is 6.64. The molecule has 0 atom stereocenters. The van der Waals surface area contributed by atoms with E-state index in [1.165, 1.54) is 0 Å². The van der Waals surface area contributed by atoms with E-state index in [1.807, 2.05) is 13.0 Å². The lowest BCUT2D eigenvalue weighted by atomic mass is 10.0. The number of aryl methyl sites for hydroxylation is 2. The summed E-state index contributed by atoms with van der Waals surface area (Å²) in [5.74, 6) is -0.424. The van der Waals surface area contributed by atoms with Crippen LogP contribution in [-0.4, -0.2) is 17.7 Å². The number of benzene rings is 1. The number of rotatable bonds is 6. The van der Waals surface area contributed by atoms with Crippen LogP contribution in [0.1, 0.15) is 36.5 Å². The van der Waals surface area contributed by atoms with Gasteiger partial charge in [0.15, 0.2) is 0 Å². The second-order valence-electron chi connectivity index (χ2n) is 5.40. The summed E-state index contributed by atoms with van der Waals surface area (Å²) >= 11 is 0. The molecule has 0 bridgehead atoms. The molecule has 0 saturated heterocycles. The molecule has 0 aliphatic rings. The third kappa shape index (κ3) is 3.30. The lowest BCUT2D eigenvalue weighted by Crippen LogP contribution is -2.15. The molecule has 0 amide bonds. The van der Waals surface area contributed by atoms with Gasteiger partial charge in [0.05, 0.1) is 24.0 Å². The smallest absolute Gasteiger partial charge is 0.340 e. The minimum atomic E-state index is -1.06. The lowest BCUT2D eigenvalue weighted by Gasteiger charge is -2.13. The highest BCUT2D eigenvalue weighted by atomic mass is 16.5. The maximum absolute atomic E-state index is 12.0. The fraction of sp³-hybridized carbons (Fsp3) is 0.412. The van der Waals surface area contributed by atoms with Crippen molar-refractivity contribution in [3.63, 3.8) is 0 Å². The molecule has 0 saturated carbocycles. The first-order chi connectivity index (χ1) is 10.4. The Morgan fingerprint density at radius 2 is 2.05 bits per heavy atom. The molecule has 0 radical (unpaired) electrons. The van der Waals surface area contributed by atoms with E-state index >= 15 is 0 Å². The van der Waals surface area contributed by atoms with Crippen molar-refractivity contribution in [3.05, 3.63) is 39.2 Å². The molecule has 0 spiro atoms. The van der Waals surface area contributed by atoms with Gasteiger partial charge >= 0.3 is 11.6 Å². The van der Waals surface area contributed by atoms with E-state index in [4.69, 9.17) is 14.3 Å². The molecule has 118 valence electrons. The number of hydrogen-bond donors (Lipinski definition) is 1. The van der Waals surface area contributed by atoms with Crippen LogP contribution in [0.5, 0.6) is 5.75 Å². The van der Waals surface area contributed by atoms with Crippen LogP contribution in [0.15, 0.2) is 21.3 Å². The van der Waals surface area contributed by atoms with E-state index in [-0.39, 0.29) is 12.0 Å². The van der Waals surface area contributed by atoms with Crippen LogP contribution in [0.3, 0.4) is 0 Å². The molecular formula is C17H20O5. The first-order valence-electron chi connectivity index (χ1n) is 7.35. The summed E-state index contributed by atoms with van der Waals surface area (Å²) in [4.78, 5) is 22.9. The van der Waals surface area contributed by atoms with Gasteiger partial charge in [-0.2, -0.15) is 0 Å². The van der Waals surface area contributed by atoms with Crippen molar-refractivity contribution in [3.8, 4) is 5.75 Å². The number of fused-ring (bicyclic) bond motifs is 1. The molecule has 5 heteroatoms. The Labute approximate surface area is 128 Å². The number of hydrogen-bond acceptors (Lipinski definition) is 4. The standard InChI is InChI=1S/C17H20O5/c1-4-5-6-21-13-7-10(2)8-14-16(13)11(3)12(9-15(18)19)17(20)22-14/h7-8H,4-6,9H2,1-3H3,(H,18,19). The lowest BCUT2D eigenvalue weighted by molar-refractivity contribution is -0.136. The first kappa shape index (κ1) is 16.1. The summed E-state index contributed by atoms with van der Waals surface area (Å²) in [5.41, 5.74) is 1.54. The Morgan fingerprint density at radius 1 is 1.32 bits per heavy atom. The topological polar surface area (TPSA) is 76.7 Å². The van der Waals surface area contributed by atoms with E-state index in [0.29, 0.717) is 28.9 Å². The molecule has 1 N–H and O–H groups in total. The summed E-state index contributed by atoms with van der Waals surface area (Å²) < 4.78 is 11.1. The summed E-state index contributed by atoms with van der Waals surface area (Å²) in [6.07, 6.45) is 1.59. The highest BCUT2D eigenvalue weighted by molar-refractivity contribution is 5.89. The van der Waals surface area contributed by atoms with Crippen molar-refractivity contribution in [1.29, 1.82) is 0 Å². The zero-order chi connectivity index (χ0) is 16.3. The second-order valence-corrected chi connectivity index (χ2v) is 5.40. The van der Waals surface area contributed by atoms with Crippen molar-refractivity contribution in [2.75, 3.05) is 6.61 Å². The van der Waals surface area contributed by atoms with Gasteiger partial charge in [-0.1, -0.05) is 13.3 Å². The molecule has 1 heterocycles. The highest BCUT2D eigenvalue weighted by Gasteiger charge is 2.17. The predicted molar refractivity (Wildman–Crippen MR) is 83.7 cm³/mol. The van der Waals surface area contributed by atoms with Gasteiger partial charge in [0.25, 0.3) is 0 Å². The Bertz CT molecular complexity index is 758. The average Bonchev–Trinajstić information content (AvgIpc) is 2.42. The fourth-order valence-electron chi connectivity index (χ4n) is 2.43. The fourth-order valence-corrected chi connectivity index (χ4v) is 2.43. The van der Waals surface area contributed by atoms with Crippen molar-refractivity contribution < 1.29 is 19.1 Å². The number of carboxylic acid groups (broad SMARTS) is 1. The number of ether oxygens (including phenoxy) is 1. The number of carbonyl (C=O) groups is 1. The van der Waals surface area contributed by atoms with Crippen LogP contribution in [0.25, 0.3) is 11.0 Å². The van der Waals surface area contributed by atoms with E-state index in [2.05, 4.69) is 6.92 Å². The van der Waals surface area contributed by atoms with Crippen molar-refractivity contribution in [1.82, 2.24) is 0 Å². The predicted octanol–water partition coefficient (Wildman–Crippen LogP) is 3.22. The zero-order valence-electron chi connectivity index (χ0n) is 13.1. The monoisotopic (exact) mass is 304 g/mol. The normalized spacial score (nSPS) is 10.9. The van der Waals surface area contributed by atoms with Gasteiger partial charge in [0.1, 0.15) is 11.3 Å². The summed E-state index contributed by atoms with van der Waals surface area (Å²) in [6.45, 7) is 6.28. The van der Waals surface area contributed by atoms with Crippen molar-refractivity contribution in [2.45, 2.75) is 40.0 Å². The van der Waals surface area contributed by atoms with Crippen molar-refractivity contribution in [2.24, 2.45) is 0 Å². The van der Waals surface area contributed by atoms with Crippen LogP contribution in [-0.2, 0) is 11.2 Å². The summed E-state index contributed by atoms with van der Waals surface area (Å²) in [6, 6.07) is 3.65. The Balaban J connectivity index is 2.63. The van der Waals surface area contributed by atoms with Crippen LogP contribution in [0, 0.1) is 13.8 Å². The maximum atomic E-state index is 12.0. The van der Waals surface area contributed by atoms with Gasteiger partial charge in [-0.05, 0) is 43.5 Å². The molecule has 0 aliphatic heterocycles. The van der Waals surface area contributed by atoms with Crippen molar-refractivity contribution >= 4 is 16.9 Å². The molecule has 5 nitrogen and oxygen atoms in total. The number of carboxylic acids is 1. The van der Waals surface area contributed by atoms with E-state index < -0.39 is 11.6 Å². The van der Waals surface area contributed by atoms with Crippen LogP contribution < -0.4 is 10.4 Å². The molecule has 1 aromatic heterocycles. The summed E-state index contributed by atoms with van der Waals surface area (Å²) in [7, 11) is 0. The third-order valence-electron chi connectivity index (χ3n) is 3.57. The molecule has 0 unspecified atom stereocenters. The molecule has 22 heavy (non-hydrogen) atoms. The molecular weight excluding hydrogens is 284 g/mol. The van der Waals surface area contributed by atoms with Gasteiger partial charge in [-0.3, -0.25) is 4.79 Å². The molecule has 2 aromatic rings. The zero-order valence-corrected chi connectivity index (χ0v) is 13.1. The van der Waals surface area contributed by atoms with Gasteiger partial charge in [-0.15, -0.1) is 0 Å². The molecule has 1 aromatic carbocycles. The SMILES string of the molecule is CCCCOc1cc(C)cc2oc(=O)c(CC(=O)O)c(C)c12. The average molecular weight is 304 g/mol. The van der Waals surface area contributed by atoms with E-state index in [9.17, 15) is 9.59 Å². The largest absolute Gasteiger partial charge is 0.493 e. The highest BCUT2D eigenvalue weighted by Crippen LogP contribution is 2.31. The first-order valence-corrected chi connectivity index (χ1v) is 7.35. The van der Waals surface area contributed by atoms with Gasteiger partial charge < -0.3 is 14.3 Å². The Hall–Kier alpha value is -2.30. The van der Waals surface area contributed by atoms with Crippen LogP contribution >= 0.6 is 0 Å².